The number of hydrogen-bond donors (Lipinski definition) is 3. The molecule has 0 aromatic heterocycles. The average Bonchev–Trinajstić information content (AvgIpc) is 3.13. The normalized spacial score (nSPS) is 17.5. The highest BCUT2D eigenvalue weighted by molar-refractivity contribution is 7.99. The second kappa shape index (κ2) is 17.8. The van der Waals surface area contributed by atoms with Crippen LogP contribution in [0.25, 0.3) is 11.1 Å². The van der Waals surface area contributed by atoms with Crippen LogP contribution < -0.4 is 10.1 Å². The summed E-state index contributed by atoms with van der Waals surface area (Å²) >= 11 is 1.71. The van der Waals surface area contributed by atoms with Crippen LogP contribution >= 0.6 is 11.8 Å². The van der Waals surface area contributed by atoms with E-state index in [1.54, 1.807) is 18.9 Å². The highest BCUT2D eigenvalue weighted by Crippen LogP contribution is 2.40. The fourth-order valence-electron chi connectivity index (χ4n) is 5.66. The molecular weight excluding hydrogens is 626 g/mol. The van der Waals surface area contributed by atoms with E-state index in [-0.39, 0.29) is 31.1 Å². The van der Waals surface area contributed by atoms with Crippen molar-refractivity contribution in [1.29, 1.82) is 0 Å². The number of aliphatic hydroxyl groups is 1. The number of rotatable bonds is 16. The number of carbonyl (C=O) groups excluding carboxylic acids is 1. The highest BCUT2D eigenvalue weighted by Gasteiger charge is 2.32. The van der Waals surface area contributed by atoms with Gasteiger partial charge in [0, 0.05) is 42.0 Å². The van der Waals surface area contributed by atoms with Gasteiger partial charge in [0.1, 0.15) is 5.75 Å². The fraction of sp³-hybridized carbons (Fsp3) is 0.333. The number of unbranched alkanes of at least 4 members (excludes halogenated alkanes) is 2. The van der Waals surface area contributed by atoms with E-state index in [0.29, 0.717) is 32.2 Å². The first kappa shape index (κ1) is 35.2. The van der Waals surface area contributed by atoms with Crippen LogP contribution in [0.15, 0.2) is 102 Å². The second-order valence-electron chi connectivity index (χ2n) is 11.9. The number of amides is 1. The molecule has 3 atom stereocenters. The van der Waals surface area contributed by atoms with Crippen molar-refractivity contribution >= 4 is 23.6 Å². The Balaban J connectivity index is 1.23. The van der Waals surface area contributed by atoms with Gasteiger partial charge in [-0.1, -0.05) is 85.3 Å². The standard InChI is InChI=1S/C39H43NO7S/c1-45-34-10-5-6-11-36(34)48-26-33-23-35(30-16-14-27(25-41)15-17-30)47-39(46-33)31-20-18-29(19-21-31)32-9-7-8-28(22-32)24-40-37(42)12-3-2-4-13-38(43)44/h5-11,14-22,33,35,39,41H,2-4,12-13,23-26H2,1H3,(H,40,42)(H,43,44)/t33-,35+,39+/m1/s1. The number of hydrogen-bond acceptors (Lipinski definition) is 7. The SMILES string of the molecule is COc1ccccc1SC[C@H]1C[C@@H](c2ccc(CO)cc2)O[C@@H](c2ccc(-c3cccc(CNC(=O)CCCCCC(=O)O)c3)cc2)O1. The Morgan fingerprint density at radius 3 is 2.33 bits per heavy atom. The summed E-state index contributed by atoms with van der Waals surface area (Å²) in [4.78, 5) is 24.0. The fourth-order valence-corrected chi connectivity index (χ4v) is 6.71. The van der Waals surface area contributed by atoms with Gasteiger partial charge in [0.15, 0.2) is 6.29 Å². The second-order valence-corrected chi connectivity index (χ2v) is 12.9. The average molecular weight is 670 g/mol. The van der Waals surface area contributed by atoms with Crippen molar-refractivity contribution in [3.8, 4) is 16.9 Å². The summed E-state index contributed by atoms with van der Waals surface area (Å²) in [6.45, 7) is 0.426. The number of thioether (sulfide) groups is 1. The third-order valence-corrected chi connectivity index (χ3v) is 9.52. The van der Waals surface area contributed by atoms with Crippen LogP contribution in [0.2, 0.25) is 0 Å². The number of nitrogens with one attached hydrogen (secondary N) is 1. The van der Waals surface area contributed by atoms with Gasteiger partial charge in [-0.2, -0.15) is 0 Å². The topological polar surface area (TPSA) is 114 Å². The lowest BCUT2D eigenvalue weighted by Gasteiger charge is -2.36. The minimum Gasteiger partial charge on any atom is -0.496 e. The molecule has 8 nitrogen and oxygen atoms in total. The molecule has 4 aromatic carbocycles. The van der Waals surface area contributed by atoms with Gasteiger partial charge in [-0.05, 0) is 58.9 Å². The van der Waals surface area contributed by atoms with Gasteiger partial charge in [0.05, 0.1) is 25.9 Å². The molecule has 48 heavy (non-hydrogen) atoms. The van der Waals surface area contributed by atoms with E-state index in [9.17, 15) is 14.7 Å². The molecule has 1 amide bonds. The molecule has 1 fully saturated rings. The summed E-state index contributed by atoms with van der Waals surface area (Å²) in [6, 6.07) is 32.2. The minimum absolute atomic E-state index is 0.00279. The van der Waals surface area contributed by atoms with Crippen molar-refractivity contribution in [3.63, 3.8) is 0 Å². The molecule has 0 aliphatic carbocycles. The maximum absolute atomic E-state index is 12.3. The van der Waals surface area contributed by atoms with Crippen molar-refractivity contribution in [2.75, 3.05) is 12.9 Å². The molecule has 0 unspecified atom stereocenters. The van der Waals surface area contributed by atoms with Gasteiger partial charge in [-0.3, -0.25) is 9.59 Å². The first-order valence-electron chi connectivity index (χ1n) is 16.4. The van der Waals surface area contributed by atoms with E-state index in [4.69, 9.17) is 19.3 Å². The van der Waals surface area contributed by atoms with E-state index in [1.165, 1.54) is 0 Å². The Kier molecular flexibility index (Phi) is 13.1. The Labute approximate surface area is 286 Å². The summed E-state index contributed by atoms with van der Waals surface area (Å²) in [6.07, 6.45) is 2.43. The number of aliphatic carboxylic acids is 1. The summed E-state index contributed by atoms with van der Waals surface area (Å²) in [5.41, 5.74) is 5.92. The largest absolute Gasteiger partial charge is 0.496 e. The number of carboxylic acid groups (broad SMARTS) is 1. The first-order chi connectivity index (χ1) is 23.4. The lowest BCUT2D eigenvalue weighted by atomic mass is 9.99. The van der Waals surface area contributed by atoms with Crippen molar-refractivity contribution in [2.45, 2.75) is 75.1 Å². The molecule has 5 rings (SSSR count). The van der Waals surface area contributed by atoms with Crippen molar-refractivity contribution < 1.29 is 34.0 Å². The predicted octanol–water partition coefficient (Wildman–Crippen LogP) is 7.84. The molecule has 1 aliphatic rings. The van der Waals surface area contributed by atoms with Gasteiger partial charge < -0.3 is 29.7 Å². The molecule has 0 saturated carbocycles. The molecule has 0 bridgehead atoms. The van der Waals surface area contributed by atoms with Crippen molar-refractivity contribution in [2.24, 2.45) is 0 Å². The Morgan fingerprint density at radius 1 is 0.833 bits per heavy atom. The molecule has 4 aromatic rings. The van der Waals surface area contributed by atoms with E-state index in [1.807, 2.05) is 72.8 Å². The highest BCUT2D eigenvalue weighted by atomic mass is 32.2. The number of aliphatic hydroxyl groups excluding tert-OH is 1. The van der Waals surface area contributed by atoms with E-state index in [2.05, 4.69) is 29.6 Å². The zero-order valence-corrected chi connectivity index (χ0v) is 28.0. The van der Waals surface area contributed by atoms with Crippen molar-refractivity contribution in [3.05, 3.63) is 119 Å². The number of benzene rings is 4. The van der Waals surface area contributed by atoms with Gasteiger partial charge in [-0.15, -0.1) is 11.8 Å². The first-order valence-corrected chi connectivity index (χ1v) is 17.3. The molecule has 1 heterocycles. The molecule has 3 N–H and O–H groups in total. The third-order valence-electron chi connectivity index (χ3n) is 8.34. The van der Waals surface area contributed by atoms with Crippen LogP contribution in [0.1, 0.15) is 73.2 Å². The molecule has 1 saturated heterocycles. The zero-order valence-electron chi connectivity index (χ0n) is 27.2. The number of carbonyl (C=O) groups is 2. The Bertz CT molecular complexity index is 1630. The van der Waals surface area contributed by atoms with Gasteiger partial charge >= 0.3 is 5.97 Å². The van der Waals surface area contributed by atoms with Crippen LogP contribution in [0.3, 0.4) is 0 Å². The predicted molar refractivity (Wildman–Crippen MR) is 187 cm³/mol. The van der Waals surface area contributed by atoms with Crippen molar-refractivity contribution in [1.82, 2.24) is 5.32 Å². The monoisotopic (exact) mass is 669 g/mol. The summed E-state index contributed by atoms with van der Waals surface area (Å²) in [5, 5.41) is 21.2. The molecule has 9 heteroatoms. The van der Waals surface area contributed by atoms with Crippen LogP contribution in [0.4, 0.5) is 0 Å². The van der Waals surface area contributed by atoms with Gasteiger partial charge in [0.25, 0.3) is 0 Å². The zero-order chi connectivity index (χ0) is 33.7. The third kappa shape index (κ3) is 10.2. The number of ether oxygens (including phenoxy) is 3. The molecule has 0 spiro atoms. The molecule has 252 valence electrons. The lowest BCUT2D eigenvalue weighted by molar-refractivity contribution is -0.245. The lowest BCUT2D eigenvalue weighted by Crippen LogP contribution is -2.31. The molecule has 1 aliphatic heterocycles. The maximum Gasteiger partial charge on any atom is 0.303 e. The summed E-state index contributed by atoms with van der Waals surface area (Å²) in [5.74, 6) is 0.741. The maximum atomic E-state index is 12.3. The van der Waals surface area contributed by atoms with Gasteiger partial charge in [0.2, 0.25) is 5.91 Å². The number of methoxy groups -OCH3 is 1. The molecular formula is C39H43NO7S. The Hall–Kier alpha value is -4.15. The van der Waals surface area contributed by atoms with E-state index < -0.39 is 12.3 Å². The minimum atomic E-state index is -0.802. The summed E-state index contributed by atoms with van der Waals surface area (Å²) < 4.78 is 18.6. The van der Waals surface area contributed by atoms with E-state index >= 15 is 0 Å². The van der Waals surface area contributed by atoms with Crippen LogP contribution in [-0.4, -0.2) is 41.1 Å². The quantitative estimate of drug-likeness (QED) is 0.0817. The van der Waals surface area contributed by atoms with E-state index in [0.717, 1.165) is 56.2 Å². The van der Waals surface area contributed by atoms with Crippen LogP contribution in [0.5, 0.6) is 5.75 Å². The Morgan fingerprint density at radius 2 is 1.58 bits per heavy atom. The van der Waals surface area contributed by atoms with Crippen LogP contribution in [0, 0.1) is 0 Å². The molecule has 0 radical (unpaired) electrons. The smallest absolute Gasteiger partial charge is 0.303 e. The number of para-hydroxylation sites is 1. The van der Waals surface area contributed by atoms with Crippen LogP contribution in [-0.2, 0) is 32.2 Å². The number of carboxylic acids is 1. The van der Waals surface area contributed by atoms with Gasteiger partial charge in [-0.25, -0.2) is 0 Å². The summed E-state index contributed by atoms with van der Waals surface area (Å²) in [7, 11) is 1.68.